The van der Waals surface area contributed by atoms with E-state index in [4.69, 9.17) is 13.6 Å². The van der Waals surface area contributed by atoms with Crippen LogP contribution in [0.3, 0.4) is 0 Å². The van der Waals surface area contributed by atoms with Crippen molar-refractivity contribution in [2.24, 2.45) is 0 Å². The molecule has 1 atom stereocenters. The van der Waals surface area contributed by atoms with Gasteiger partial charge in [-0.15, -0.1) is 10.2 Å². The number of ether oxygens (including phenoxy) is 1. The Balaban J connectivity index is 1.85. The average molecular weight is 291 g/mol. The molecule has 2 aromatic heterocycles. The van der Waals surface area contributed by atoms with Crippen LogP contribution in [0.4, 0.5) is 0 Å². The maximum absolute atomic E-state index is 12.5. The molecule has 1 amide bonds. The number of hydrogen-bond donors (Lipinski definition) is 0. The van der Waals surface area contributed by atoms with Crippen LogP contribution in [0, 0.1) is 0 Å². The summed E-state index contributed by atoms with van der Waals surface area (Å²) < 4.78 is 16.1. The van der Waals surface area contributed by atoms with Crippen LogP contribution in [0.2, 0.25) is 0 Å². The van der Waals surface area contributed by atoms with Gasteiger partial charge in [-0.2, -0.15) is 0 Å². The molecule has 0 saturated carbocycles. The summed E-state index contributed by atoms with van der Waals surface area (Å²) >= 11 is 0. The molecule has 0 unspecified atom stereocenters. The molecule has 3 heterocycles. The molecule has 7 nitrogen and oxygen atoms in total. The molecule has 1 fully saturated rings. The summed E-state index contributed by atoms with van der Waals surface area (Å²) in [6.07, 6.45) is 2.91. The lowest BCUT2D eigenvalue weighted by Crippen LogP contribution is -2.43. The summed E-state index contributed by atoms with van der Waals surface area (Å²) in [6, 6.07) is 1.28. The van der Waals surface area contributed by atoms with Crippen LogP contribution >= 0.6 is 0 Å². The second-order valence-corrected chi connectivity index (χ2v) is 5.23. The van der Waals surface area contributed by atoms with E-state index in [1.807, 2.05) is 13.8 Å². The van der Waals surface area contributed by atoms with E-state index in [1.54, 1.807) is 11.0 Å². The van der Waals surface area contributed by atoms with Crippen molar-refractivity contribution in [2.75, 3.05) is 19.8 Å². The third kappa shape index (κ3) is 2.69. The molecule has 0 aliphatic carbocycles. The SMILES string of the molecule is CC(C)c1nnc([C@@H]2COCCN2C(=O)c2ccoc2)o1. The Kier molecular flexibility index (Phi) is 3.74. The first-order valence-corrected chi connectivity index (χ1v) is 6.91. The van der Waals surface area contributed by atoms with Gasteiger partial charge >= 0.3 is 0 Å². The monoisotopic (exact) mass is 291 g/mol. The Morgan fingerprint density at radius 3 is 2.95 bits per heavy atom. The highest BCUT2D eigenvalue weighted by Gasteiger charge is 2.33. The van der Waals surface area contributed by atoms with Gasteiger partial charge < -0.3 is 18.5 Å². The van der Waals surface area contributed by atoms with Gasteiger partial charge in [0.25, 0.3) is 5.91 Å². The topological polar surface area (TPSA) is 81.6 Å². The summed E-state index contributed by atoms with van der Waals surface area (Å²) in [5, 5.41) is 8.08. The molecule has 0 spiro atoms. The van der Waals surface area contributed by atoms with Crippen molar-refractivity contribution < 1.29 is 18.4 Å². The first kappa shape index (κ1) is 13.8. The zero-order valence-electron chi connectivity index (χ0n) is 12.0. The van der Waals surface area contributed by atoms with Crippen LogP contribution in [-0.2, 0) is 4.74 Å². The molecule has 21 heavy (non-hydrogen) atoms. The quantitative estimate of drug-likeness (QED) is 0.860. The van der Waals surface area contributed by atoms with E-state index in [-0.39, 0.29) is 17.9 Å². The Labute approximate surface area is 121 Å². The van der Waals surface area contributed by atoms with Crippen LogP contribution in [0.5, 0.6) is 0 Å². The summed E-state index contributed by atoms with van der Waals surface area (Å²) in [6.45, 7) is 5.27. The van der Waals surface area contributed by atoms with Gasteiger partial charge in [0.05, 0.1) is 25.0 Å². The highest BCUT2D eigenvalue weighted by molar-refractivity contribution is 5.94. The van der Waals surface area contributed by atoms with Gasteiger partial charge in [0.15, 0.2) is 0 Å². The lowest BCUT2D eigenvalue weighted by Gasteiger charge is -2.33. The number of rotatable bonds is 3. The van der Waals surface area contributed by atoms with Gasteiger partial charge in [0.1, 0.15) is 12.3 Å². The Morgan fingerprint density at radius 2 is 2.29 bits per heavy atom. The molecule has 0 aromatic carbocycles. The van der Waals surface area contributed by atoms with Crippen molar-refractivity contribution >= 4 is 5.91 Å². The van der Waals surface area contributed by atoms with Crippen LogP contribution < -0.4 is 0 Å². The lowest BCUT2D eigenvalue weighted by atomic mass is 10.2. The first-order valence-electron chi connectivity index (χ1n) is 6.91. The van der Waals surface area contributed by atoms with Crippen molar-refractivity contribution in [3.8, 4) is 0 Å². The lowest BCUT2D eigenvalue weighted by molar-refractivity contribution is -0.0108. The highest BCUT2D eigenvalue weighted by Crippen LogP contribution is 2.26. The van der Waals surface area contributed by atoms with E-state index in [0.29, 0.717) is 37.1 Å². The zero-order chi connectivity index (χ0) is 14.8. The molecule has 3 rings (SSSR count). The molecule has 0 N–H and O–H groups in total. The fourth-order valence-corrected chi connectivity index (χ4v) is 2.22. The largest absolute Gasteiger partial charge is 0.472 e. The molecule has 2 aromatic rings. The van der Waals surface area contributed by atoms with E-state index >= 15 is 0 Å². The van der Waals surface area contributed by atoms with Gasteiger partial charge in [-0.25, -0.2) is 0 Å². The van der Waals surface area contributed by atoms with Crippen LogP contribution in [0.1, 0.15) is 47.9 Å². The third-order valence-electron chi connectivity index (χ3n) is 3.39. The van der Waals surface area contributed by atoms with E-state index < -0.39 is 0 Å². The Hall–Kier alpha value is -2.15. The summed E-state index contributed by atoms with van der Waals surface area (Å²) in [5.74, 6) is 0.997. The fraction of sp³-hybridized carbons (Fsp3) is 0.500. The number of nitrogens with zero attached hydrogens (tertiary/aromatic N) is 3. The Bertz CT molecular complexity index is 606. The molecule has 7 heteroatoms. The van der Waals surface area contributed by atoms with Gasteiger partial charge in [-0.05, 0) is 6.07 Å². The van der Waals surface area contributed by atoms with Gasteiger partial charge in [-0.1, -0.05) is 13.8 Å². The van der Waals surface area contributed by atoms with Crippen molar-refractivity contribution in [3.63, 3.8) is 0 Å². The number of morpholine rings is 1. The molecule has 1 aliphatic rings. The number of carbonyl (C=O) groups is 1. The van der Waals surface area contributed by atoms with Crippen molar-refractivity contribution in [1.29, 1.82) is 0 Å². The normalized spacial score (nSPS) is 19.2. The number of carbonyl (C=O) groups excluding carboxylic acids is 1. The average Bonchev–Trinajstić information content (AvgIpc) is 3.18. The second-order valence-electron chi connectivity index (χ2n) is 5.23. The maximum Gasteiger partial charge on any atom is 0.257 e. The van der Waals surface area contributed by atoms with Crippen molar-refractivity contribution in [3.05, 3.63) is 35.9 Å². The van der Waals surface area contributed by atoms with E-state index in [1.165, 1.54) is 12.5 Å². The molecule has 112 valence electrons. The predicted molar refractivity (Wildman–Crippen MR) is 71.7 cm³/mol. The highest BCUT2D eigenvalue weighted by atomic mass is 16.5. The van der Waals surface area contributed by atoms with Gasteiger partial charge in [-0.3, -0.25) is 4.79 Å². The molecule has 0 radical (unpaired) electrons. The Morgan fingerprint density at radius 1 is 1.43 bits per heavy atom. The number of furan rings is 1. The maximum atomic E-state index is 12.5. The first-order chi connectivity index (χ1) is 10.2. The minimum atomic E-state index is -0.360. The van der Waals surface area contributed by atoms with Gasteiger partial charge in [0, 0.05) is 12.5 Å². The minimum absolute atomic E-state index is 0.124. The number of amides is 1. The smallest absolute Gasteiger partial charge is 0.257 e. The van der Waals surface area contributed by atoms with Crippen molar-refractivity contribution in [2.45, 2.75) is 25.8 Å². The van der Waals surface area contributed by atoms with Crippen LogP contribution in [0.25, 0.3) is 0 Å². The van der Waals surface area contributed by atoms with E-state index in [0.717, 1.165) is 0 Å². The molecule has 0 bridgehead atoms. The number of hydrogen-bond acceptors (Lipinski definition) is 6. The summed E-state index contributed by atoms with van der Waals surface area (Å²) in [4.78, 5) is 14.2. The van der Waals surface area contributed by atoms with Crippen LogP contribution in [0.15, 0.2) is 27.4 Å². The van der Waals surface area contributed by atoms with Crippen LogP contribution in [-0.4, -0.2) is 40.8 Å². The van der Waals surface area contributed by atoms with E-state index in [2.05, 4.69) is 10.2 Å². The molecular weight excluding hydrogens is 274 g/mol. The molecule has 1 saturated heterocycles. The standard InChI is InChI=1S/C14H17N3O4/c1-9(2)12-15-16-13(21-12)11-8-20-6-4-17(11)14(18)10-3-5-19-7-10/h3,5,7,9,11H,4,6,8H2,1-2H3/t11-/m0/s1. The molecular formula is C14H17N3O4. The minimum Gasteiger partial charge on any atom is -0.472 e. The molecule has 1 aliphatic heterocycles. The second kappa shape index (κ2) is 5.69. The van der Waals surface area contributed by atoms with E-state index in [9.17, 15) is 4.79 Å². The van der Waals surface area contributed by atoms with Crippen molar-refractivity contribution in [1.82, 2.24) is 15.1 Å². The summed E-state index contributed by atoms with van der Waals surface area (Å²) in [5.41, 5.74) is 0.505. The fourth-order valence-electron chi connectivity index (χ4n) is 2.22. The summed E-state index contributed by atoms with van der Waals surface area (Å²) in [7, 11) is 0. The third-order valence-corrected chi connectivity index (χ3v) is 3.39. The zero-order valence-corrected chi connectivity index (χ0v) is 12.0. The number of aromatic nitrogens is 2. The predicted octanol–water partition coefficient (Wildman–Crippen LogP) is 2.00. The van der Waals surface area contributed by atoms with Gasteiger partial charge in [0.2, 0.25) is 11.8 Å².